The molecule has 0 aliphatic carbocycles. The van der Waals surface area contributed by atoms with E-state index in [1.807, 2.05) is 24.4 Å². The summed E-state index contributed by atoms with van der Waals surface area (Å²) in [6.45, 7) is 11.6. The minimum absolute atomic E-state index is 0.927. The van der Waals surface area contributed by atoms with Gasteiger partial charge in [0, 0.05) is 45.5 Å². The Hall–Kier alpha value is -2.54. The van der Waals surface area contributed by atoms with Crippen LogP contribution in [0, 0.1) is 13.8 Å². The normalized spacial score (nSPS) is 18.7. The Morgan fingerprint density at radius 1 is 0.848 bits per heavy atom. The van der Waals surface area contributed by atoms with E-state index in [0.717, 1.165) is 79.1 Å². The highest BCUT2D eigenvalue weighted by Gasteiger charge is 2.29. The number of anilines is 2. The lowest BCUT2D eigenvalue weighted by Crippen LogP contribution is -2.46. The summed E-state index contributed by atoms with van der Waals surface area (Å²) in [5.74, 6) is 0. The molecule has 3 aromatic rings. The van der Waals surface area contributed by atoms with E-state index < -0.39 is 10.8 Å². The van der Waals surface area contributed by atoms with Crippen LogP contribution in [0.4, 0.5) is 11.4 Å². The third kappa shape index (κ3) is 4.60. The first-order valence-electron chi connectivity index (χ1n) is 11.8. The molecule has 0 radical (unpaired) electrons. The molecule has 2 aliphatic heterocycles. The largest absolute Gasteiger partial charge is 0.339 e. The maximum absolute atomic E-state index is 13.3. The van der Waals surface area contributed by atoms with Crippen molar-refractivity contribution in [3.63, 3.8) is 0 Å². The summed E-state index contributed by atoms with van der Waals surface area (Å²) in [6.07, 6.45) is 2.95. The second-order valence-corrected chi connectivity index (χ2v) is 10.5. The van der Waals surface area contributed by atoms with Crippen molar-refractivity contribution < 1.29 is 4.21 Å². The fourth-order valence-electron chi connectivity index (χ4n) is 4.91. The molecular weight excluding hydrogens is 428 g/mol. The summed E-state index contributed by atoms with van der Waals surface area (Å²) in [5.41, 5.74) is 5.87. The predicted molar refractivity (Wildman–Crippen MR) is 135 cm³/mol. The fourth-order valence-corrected chi connectivity index (χ4v) is 6.35. The lowest BCUT2D eigenvalue weighted by Gasteiger charge is -2.37. The van der Waals surface area contributed by atoms with Gasteiger partial charge in [-0.1, -0.05) is 24.3 Å². The Bertz CT molecular complexity index is 1140. The third-order valence-corrected chi connectivity index (χ3v) is 8.40. The Balaban J connectivity index is 1.23. The Labute approximate surface area is 199 Å². The number of pyridine rings is 1. The maximum atomic E-state index is 13.3. The second kappa shape index (κ2) is 9.75. The van der Waals surface area contributed by atoms with Gasteiger partial charge >= 0.3 is 0 Å². The standard InChI is InChI=1S/C27H32N4OS/c1-21-11-12-26-27(22(21)2)31(24-9-3-4-10-25(24)33(26)32)15-7-14-29-16-18-30(19-17-29)20-23-8-5-6-13-28-23/h3-6,8-13H,7,14-20H2,1-2H3. The quantitative estimate of drug-likeness (QED) is 0.541. The zero-order chi connectivity index (χ0) is 22.8. The average molecular weight is 461 g/mol. The molecular formula is C27H32N4OS. The molecule has 1 aromatic heterocycles. The van der Waals surface area contributed by atoms with E-state index in [4.69, 9.17) is 0 Å². The molecule has 1 atom stereocenters. The van der Waals surface area contributed by atoms with Crippen LogP contribution in [0.5, 0.6) is 0 Å². The molecule has 0 spiro atoms. The predicted octanol–water partition coefficient (Wildman–Crippen LogP) is 4.52. The SMILES string of the molecule is Cc1ccc2c(c1C)N(CCCN1CCN(Cc3ccccn3)CC1)c1ccccc1S2=O. The zero-order valence-corrected chi connectivity index (χ0v) is 20.4. The van der Waals surface area contributed by atoms with Crippen molar-refractivity contribution in [2.75, 3.05) is 44.2 Å². The fraction of sp³-hybridized carbons (Fsp3) is 0.370. The molecule has 1 saturated heterocycles. The van der Waals surface area contributed by atoms with Crippen LogP contribution < -0.4 is 4.90 Å². The Kier molecular flexibility index (Phi) is 6.58. The number of piperazine rings is 1. The Morgan fingerprint density at radius 2 is 1.61 bits per heavy atom. The highest BCUT2D eigenvalue weighted by atomic mass is 32.2. The van der Waals surface area contributed by atoms with Crippen LogP contribution in [0.25, 0.3) is 0 Å². The zero-order valence-electron chi connectivity index (χ0n) is 19.5. The minimum Gasteiger partial charge on any atom is -0.339 e. The van der Waals surface area contributed by atoms with Gasteiger partial charge in [-0.05, 0) is 68.3 Å². The van der Waals surface area contributed by atoms with Crippen molar-refractivity contribution in [2.24, 2.45) is 0 Å². The van der Waals surface area contributed by atoms with E-state index in [9.17, 15) is 4.21 Å². The molecule has 0 N–H and O–H groups in total. The van der Waals surface area contributed by atoms with E-state index in [1.165, 1.54) is 11.1 Å². The smallest absolute Gasteiger partial charge is 0.0892 e. The monoisotopic (exact) mass is 460 g/mol. The number of hydrogen-bond donors (Lipinski definition) is 0. The topological polar surface area (TPSA) is 39.7 Å². The van der Waals surface area contributed by atoms with Crippen molar-refractivity contribution >= 4 is 22.2 Å². The lowest BCUT2D eigenvalue weighted by molar-refractivity contribution is 0.125. The number of fused-ring (bicyclic) bond motifs is 2. The van der Waals surface area contributed by atoms with E-state index >= 15 is 0 Å². The summed E-state index contributed by atoms with van der Waals surface area (Å²) < 4.78 is 13.3. The number of benzene rings is 2. The van der Waals surface area contributed by atoms with Gasteiger partial charge in [-0.15, -0.1) is 0 Å². The van der Waals surface area contributed by atoms with Gasteiger partial charge in [0.25, 0.3) is 0 Å². The van der Waals surface area contributed by atoms with Crippen molar-refractivity contribution in [2.45, 2.75) is 36.6 Å². The van der Waals surface area contributed by atoms with Crippen LogP contribution in [0.2, 0.25) is 0 Å². The van der Waals surface area contributed by atoms with Gasteiger partial charge in [0.2, 0.25) is 0 Å². The molecule has 5 rings (SSSR count). The molecule has 0 bridgehead atoms. The van der Waals surface area contributed by atoms with Gasteiger partial charge in [-0.2, -0.15) is 0 Å². The van der Waals surface area contributed by atoms with Gasteiger partial charge in [0.1, 0.15) is 0 Å². The van der Waals surface area contributed by atoms with Gasteiger partial charge in [-0.25, -0.2) is 4.21 Å². The van der Waals surface area contributed by atoms with Crippen molar-refractivity contribution in [3.8, 4) is 0 Å². The molecule has 6 heteroatoms. The summed E-state index contributed by atoms with van der Waals surface area (Å²) in [5, 5.41) is 0. The molecule has 1 fully saturated rings. The van der Waals surface area contributed by atoms with E-state index in [-0.39, 0.29) is 0 Å². The minimum atomic E-state index is -1.12. The summed E-state index contributed by atoms with van der Waals surface area (Å²) in [4.78, 5) is 13.8. The molecule has 3 heterocycles. The van der Waals surface area contributed by atoms with Gasteiger partial charge in [0.05, 0.1) is 37.7 Å². The average Bonchev–Trinajstić information content (AvgIpc) is 2.85. The number of hydrogen-bond acceptors (Lipinski definition) is 5. The first kappa shape index (κ1) is 22.3. The molecule has 0 saturated carbocycles. The number of rotatable bonds is 6. The van der Waals surface area contributed by atoms with E-state index in [2.05, 4.69) is 69.9 Å². The van der Waals surface area contributed by atoms with Crippen LogP contribution >= 0.6 is 0 Å². The highest BCUT2D eigenvalue weighted by Crippen LogP contribution is 2.44. The number of para-hydroxylation sites is 1. The van der Waals surface area contributed by atoms with Crippen LogP contribution in [0.15, 0.2) is 70.6 Å². The number of nitrogens with zero attached hydrogens (tertiary/aromatic N) is 4. The van der Waals surface area contributed by atoms with Gasteiger partial charge < -0.3 is 9.80 Å². The summed E-state index contributed by atoms with van der Waals surface area (Å²) in [7, 11) is -1.12. The van der Waals surface area contributed by atoms with Gasteiger partial charge in [0.15, 0.2) is 0 Å². The van der Waals surface area contributed by atoms with Crippen LogP contribution in [0.1, 0.15) is 23.2 Å². The number of aromatic nitrogens is 1. The third-order valence-electron chi connectivity index (χ3n) is 6.92. The maximum Gasteiger partial charge on any atom is 0.0892 e. The van der Waals surface area contributed by atoms with Gasteiger partial charge in [-0.3, -0.25) is 9.88 Å². The molecule has 5 nitrogen and oxygen atoms in total. The highest BCUT2D eigenvalue weighted by molar-refractivity contribution is 7.85. The van der Waals surface area contributed by atoms with Crippen LogP contribution in [-0.2, 0) is 17.3 Å². The summed E-state index contributed by atoms with van der Waals surface area (Å²) in [6, 6.07) is 18.5. The molecule has 33 heavy (non-hydrogen) atoms. The summed E-state index contributed by atoms with van der Waals surface area (Å²) >= 11 is 0. The van der Waals surface area contributed by atoms with E-state index in [1.54, 1.807) is 0 Å². The van der Waals surface area contributed by atoms with Crippen LogP contribution in [-0.4, -0.2) is 58.3 Å². The Morgan fingerprint density at radius 3 is 2.39 bits per heavy atom. The first-order chi connectivity index (χ1) is 16.1. The van der Waals surface area contributed by atoms with Crippen molar-refractivity contribution in [3.05, 3.63) is 77.6 Å². The van der Waals surface area contributed by atoms with Crippen molar-refractivity contribution in [1.82, 2.24) is 14.8 Å². The molecule has 1 unspecified atom stereocenters. The van der Waals surface area contributed by atoms with E-state index in [0.29, 0.717) is 0 Å². The first-order valence-corrected chi connectivity index (χ1v) is 13.0. The molecule has 2 aliphatic rings. The lowest BCUT2D eigenvalue weighted by atomic mass is 10.1. The second-order valence-electron chi connectivity index (χ2n) is 9.03. The molecule has 172 valence electrons. The van der Waals surface area contributed by atoms with Crippen molar-refractivity contribution in [1.29, 1.82) is 0 Å². The molecule has 2 aromatic carbocycles. The number of aryl methyl sites for hydroxylation is 1. The van der Waals surface area contributed by atoms with Crippen LogP contribution in [0.3, 0.4) is 0 Å². The molecule has 0 amide bonds.